The van der Waals surface area contributed by atoms with E-state index in [9.17, 15) is 9.59 Å². The van der Waals surface area contributed by atoms with Crippen molar-refractivity contribution in [2.24, 2.45) is 5.92 Å². The molecular formula is C19H25N5O3. The molecule has 0 spiro atoms. The fourth-order valence-corrected chi connectivity index (χ4v) is 2.90. The molecule has 2 amide bonds. The second-order valence-corrected chi connectivity index (χ2v) is 7.69. The minimum atomic E-state index is -0.547. The van der Waals surface area contributed by atoms with Crippen molar-refractivity contribution in [2.45, 2.75) is 39.3 Å². The molecule has 0 radical (unpaired) electrons. The average Bonchev–Trinajstić information content (AvgIpc) is 3.24. The quantitative estimate of drug-likeness (QED) is 0.892. The number of rotatable bonds is 4. The molecule has 144 valence electrons. The zero-order chi connectivity index (χ0) is 19.4. The molecule has 2 heterocycles. The molecule has 1 aliphatic heterocycles. The number of nitrogens with zero attached hydrogens (tertiary/aromatic N) is 4. The van der Waals surface area contributed by atoms with Crippen LogP contribution < -0.4 is 5.32 Å². The Morgan fingerprint density at radius 3 is 2.70 bits per heavy atom. The van der Waals surface area contributed by atoms with E-state index in [4.69, 9.17) is 4.74 Å². The molecule has 0 bridgehead atoms. The van der Waals surface area contributed by atoms with Gasteiger partial charge in [0.2, 0.25) is 5.91 Å². The lowest BCUT2D eigenvalue weighted by atomic mass is 10.1. The maximum atomic E-state index is 12.5. The van der Waals surface area contributed by atoms with E-state index in [2.05, 4.69) is 15.6 Å². The van der Waals surface area contributed by atoms with Gasteiger partial charge in [-0.3, -0.25) is 4.79 Å². The highest BCUT2D eigenvalue weighted by atomic mass is 16.6. The van der Waals surface area contributed by atoms with Crippen LogP contribution in [-0.4, -0.2) is 50.6 Å². The van der Waals surface area contributed by atoms with E-state index in [1.165, 1.54) is 0 Å². The van der Waals surface area contributed by atoms with Gasteiger partial charge in [0, 0.05) is 13.1 Å². The molecule has 2 aromatic rings. The van der Waals surface area contributed by atoms with Crippen molar-refractivity contribution in [1.29, 1.82) is 0 Å². The molecule has 8 heteroatoms. The van der Waals surface area contributed by atoms with Crippen LogP contribution in [-0.2, 0) is 16.1 Å². The van der Waals surface area contributed by atoms with Crippen LogP contribution in [0.5, 0.6) is 0 Å². The van der Waals surface area contributed by atoms with Gasteiger partial charge in [0.05, 0.1) is 18.7 Å². The molecule has 0 saturated carbocycles. The average molecular weight is 371 g/mol. The van der Waals surface area contributed by atoms with Crippen LogP contribution in [0.25, 0.3) is 0 Å². The summed E-state index contributed by atoms with van der Waals surface area (Å²) in [6.45, 7) is 6.91. The molecule has 1 aliphatic rings. The maximum Gasteiger partial charge on any atom is 0.410 e. The fourth-order valence-electron chi connectivity index (χ4n) is 2.90. The highest BCUT2D eigenvalue weighted by Gasteiger charge is 2.33. The van der Waals surface area contributed by atoms with Gasteiger partial charge in [0.25, 0.3) is 0 Å². The molecule has 1 atom stereocenters. The van der Waals surface area contributed by atoms with Crippen molar-refractivity contribution < 1.29 is 14.3 Å². The van der Waals surface area contributed by atoms with E-state index in [0.717, 1.165) is 5.56 Å². The number of hydrogen-bond donors (Lipinski definition) is 1. The van der Waals surface area contributed by atoms with Gasteiger partial charge in [-0.1, -0.05) is 35.5 Å². The van der Waals surface area contributed by atoms with Crippen LogP contribution in [0.2, 0.25) is 0 Å². The van der Waals surface area contributed by atoms with Crippen LogP contribution in [0.3, 0.4) is 0 Å². The number of carbonyl (C=O) groups excluding carboxylic acids is 2. The Kier molecular flexibility index (Phi) is 5.43. The first-order valence-corrected chi connectivity index (χ1v) is 9.03. The van der Waals surface area contributed by atoms with Crippen LogP contribution in [0.15, 0.2) is 36.5 Å². The summed E-state index contributed by atoms with van der Waals surface area (Å²) in [6.07, 6.45) is 1.92. The molecule has 1 fully saturated rings. The highest BCUT2D eigenvalue weighted by molar-refractivity contribution is 5.92. The normalized spacial score (nSPS) is 17.0. The Bertz CT molecular complexity index is 797. The molecule has 0 aliphatic carbocycles. The van der Waals surface area contributed by atoms with Crippen molar-refractivity contribution in [3.63, 3.8) is 0 Å². The third-order valence-corrected chi connectivity index (χ3v) is 4.19. The largest absolute Gasteiger partial charge is 0.444 e. The van der Waals surface area contributed by atoms with E-state index >= 15 is 0 Å². The van der Waals surface area contributed by atoms with Crippen LogP contribution in [0.1, 0.15) is 32.8 Å². The summed E-state index contributed by atoms with van der Waals surface area (Å²) in [7, 11) is 0. The van der Waals surface area contributed by atoms with Gasteiger partial charge in [-0.05, 0) is 32.8 Å². The Morgan fingerprint density at radius 1 is 1.26 bits per heavy atom. The second-order valence-electron chi connectivity index (χ2n) is 7.69. The Morgan fingerprint density at radius 2 is 2.00 bits per heavy atom. The molecule has 1 saturated heterocycles. The maximum absolute atomic E-state index is 12.5. The van der Waals surface area contributed by atoms with Crippen LogP contribution >= 0.6 is 0 Å². The van der Waals surface area contributed by atoms with Crippen LogP contribution in [0, 0.1) is 5.92 Å². The molecule has 0 unspecified atom stereocenters. The van der Waals surface area contributed by atoms with E-state index in [0.29, 0.717) is 31.9 Å². The van der Waals surface area contributed by atoms with Gasteiger partial charge in [-0.15, -0.1) is 5.10 Å². The zero-order valence-corrected chi connectivity index (χ0v) is 15.9. The number of likely N-dealkylation sites (tertiary alicyclic amines) is 1. The van der Waals surface area contributed by atoms with E-state index in [1.807, 2.05) is 51.1 Å². The lowest BCUT2D eigenvalue weighted by molar-refractivity contribution is -0.119. The van der Waals surface area contributed by atoms with Crippen molar-refractivity contribution in [2.75, 3.05) is 18.4 Å². The van der Waals surface area contributed by atoms with Crippen molar-refractivity contribution in [3.05, 3.63) is 42.1 Å². The molecule has 3 rings (SSSR count). The number of anilines is 1. The lowest BCUT2D eigenvalue weighted by Crippen LogP contribution is -2.36. The Balaban J connectivity index is 1.52. The Labute approximate surface area is 158 Å². The number of benzene rings is 1. The summed E-state index contributed by atoms with van der Waals surface area (Å²) in [5.41, 5.74) is 0.554. The standard InChI is InChI=1S/C19H25N5O3/c1-19(2,3)27-18(26)23-10-9-15(12-23)17(25)20-16-13-24(22-21-16)11-14-7-5-4-6-8-14/h4-8,13,15H,9-12H2,1-3H3,(H,20,25)/t15-/m0/s1. The lowest BCUT2D eigenvalue weighted by Gasteiger charge is -2.24. The SMILES string of the molecule is CC(C)(C)OC(=O)N1CC[C@H](C(=O)Nc2cn(Cc3ccccc3)nn2)C1. The van der Waals surface area contributed by atoms with E-state index in [1.54, 1.807) is 15.8 Å². The topological polar surface area (TPSA) is 89.4 Å². The zero-order valence-electron chi connectivity index (χ0n) is 15.9. The first-order chi connectivity index (χ1) is 12.8. The van der Waals surface area contributed by atoms with Crippen molar-refractivity contribution in [1.82, 2.24) is 19.9 Å². The number of carbonyl (C=O) groups is 2. The van der Waals surface area contributed by atoms with Gasteiger partial charge in [0.15, 0.2) is 5.82 Å². The van der Waals surface area contributed by atoms with Gasteiger partial charge in [-0.25, -0.2) is 9.48 Å². The van der Waals surface area contributed by atoms with Crippen LogP contribution in [0.4, 0.5) is 10.6 Å². The van der Waals surface area contributed by atoms with Gasteiger partial charge >= 0.3 is 6.09 Å². The summed E-state index contributed by atoms with van der Waals surface area (Å²) in [4.78, 5) is 26.2. The summed E-state index contributed by atoms with van der Waals surface area (Å²) >= 11 is 0. The number of ether oxygens (including phenoxy) is 1. The predicted octanol–water partition coefficient (Wildman–Crippen LogP) is 2.52. The predicted molar refractivity (Wildman–Crippen MR) is 100 cm³/mol. The number of aromatic nitrogens is 3. The summed E-state index contributed by atoms with van der Waals surface area (Å²) in [5.74, 6) is -0.0312. The summed E-state index contributed by atoms with van der Waals surface area (Å²) < 4.78 is 7.03. The molecule has 1 aromatic carbocycles. The summed E-state index contributed by atoms with van der Waals surface area (Å²) in [5, 5.41) is 10.8. The number of nitrogens with one attached hydrogen (secondary N) is 1. The number of hydrogen-bond acceptors (Lipinski definition) is 5. The molecular weight excluding hydrogens is 346 g/mol. The summed E-state index contributed by atoms with van der Waals surface area (Å²) in [6, 6.07) is 9.89. The van der Waals surface area contributed by atoms with Crippen molar-refractivity contribution >= 4 is 17.8 Å². The fraction of sp³-hybridized carbons (Fsp3) is 0.474. The minimum Gasteiger partial charge on any atom is -0.444 e. The third kappa shape index (κ3) is 5.29. The molecule has 27 heavy (non-hydrogen) atoms. The van der Waals surface area contributed by atoms with Crippen molar-refractivity contribution in [3.8, 4) is 0 Å². The van der Waals surface area contributed by atoms with Gasteiger partial charge in [-0.2, -0.15) is 0 Å². The monoisotopic (exact) mass is 371 g/mol. The van der Waals surface area contributed by atoms with Gasteiger partial charge < -0.3 is 15.0 Å². The minimum absolute atomic E-state index is 0.159. The highest BCUT2D eigenvalue weighted by Crippen LogP contribution is 2.20. The van der Waals surface area contributed by atoms with E-state index < -0.39 is 5.60 Å². The molecule has 1 N–H and O–H groups in total. The van der Waals surface area contributed by atoms with E-state index in [-0.39, 0.29) is 17.9 Å². The number of amides is 2. The second kappa shape index (κ2) is 7.77. The van der Waals surface area contributed by atoms with Gasteiger partial charge in [0.1, 0.15) is 5.60 Å². The Hall–Kier alpha value is -2.90. The third-order valence-electron chi connectivity index (χ3n) is 4.19. The first kappa shape index (κ1) is 18.9. The smallest absolute Gasteiger partial charge is 0.410 e. The first-order valence-electron chi connectivity index (χ1n) is 9.03. The molecule has 8 nitrogen and oxygen atoms in total. The molecule has 1 aromatic heterocycles.